The Morgan fingerprint density at radius 1 is 1.23 bits per heavy atom. The zero-order valence-electron chi connectivity index (χ0n) is 11.9. The molecule has 1 aliphatic rings. The van der Waals surface area contributed by atoms with E-state index in [-0.39, 0.29) is 0 Å². The lowest BCUT2D eigenvalue weighted by atomic mass is 9.75. The van der Waals surface area contributed by atoms with Gasteiger partial charge in [0.05, 0.1) is 12.8 Å². The Morgan fingerprint density at radius 3 is 2.59 bits per heavy atom. The van der Waals surface area contributed by atoms with Crippen molar-refractivity contribution in [2.75, 3.05) is 12.4 Å². The predicted molar refractivity (Wildman–Crippen MR) is 87.4 cm³/mol. The van der Waals surface area contributed by atoms with Crippen LogP contribution in [-0.2, 0) is 9.44 Å². The van der Waals surface area contributed by atoms with Gasteiger partial charge in [0.1, 0.15) is 19.7 Å². The van der Waals surface area contributed by atoms with Crippen LogP contribution in [0.15, 0.2) is 53.4 Å². The number of anilines is 1. The fourth-order valence-electron chi connectivity index (χ4n) is 2.36. The Bertz CT molecular complexity index is 707. The summed E-state index contributed by atoms with van der Waals surface area (Å²) < 4.78 is 3.85. The van der Waals surface area contributed by atoms with Gasteiger partial charge in [-0.3, -0.25) is 4.79 Å². The maximum atomic E-state index is 12.2. The number of rotatable bonds is 2. The zero-order valence-corrected chi connectivity index (χ0v) is 12.8. The van der Waals surface area contributed by atoms with Gasteiger partial charge in [-0.2, -0.15) is 0 Å². The number of carbonyl (C=O) groups is 1. The van der Waals surface area contributed by atoms with Crippen LogP contribution in [0.5, 0.6) is 5.75 Å². The molecule has 2 N–H and O–H groups in total. The third kappa shape index (κ3) is 2.49. The Balaban J connectivity index is 2.07. The molecule has 0 bridgehead atoms. The Kier molecular flexibility index (Phi) is 3.89. The van der Waals surface area contributed by atoms with Crippen molar-refractivity contribution in [3.8, 4) is 5.75 Å². The molecule has 2 aromatic carbocycles. The first-order valence-electron chi connectivity index (χ1n) is 6.75. The monoisotopic (exact) mass is 311 g/mol. The molecule has 2 unspecified atom stereocenters. The van der Waals surface area contributed by atoms with Gasteiger partial charge in [0.25, 0.3) is 5.91 Å². The highest BCUT2D eigenvalue weighted by Crippen LogP contribution is 2.46. The zero-order chi connectivity index (χ0) is 15.7. The number of aliphatic hydroxyl groups is 1. The minimum Gasteiger partial charge on any atom is -0.497 e. The number of amides is 1. The number of fused-ring (bicyclic) bond motifs is 1. The Labute approximate surface area is 134 Å². The summed E-state index contributed by atoms with van der Waals surface area (Å²) in [5.74, 6) is 0.168. The van der Waals surface area contributed by atoms with Crippen molar-refractivity contribution in [1.82, 2.24) is 0 Å². The van der Waals surface area contributed by atoms with Crippen LogP contribution in [0.3, 0.4) is 0 Å². The maximum absolute atomic E-state index is 12.2. The summed E-state index contributed by atoms with van der Waals surface area (Å²) in [5.41, 5.74) is 1.30. The van der Waals surface area contributed by atoms with Crippen LogP contribution >= 0.6 is 11.8 Å². The Hall–Kier alpha value is -1.92. The van der Waals surface area contributed by atoms with Crippen LogP contribution in [0.4, 0.5) is 5.69 Å². The van der Waals surface area contributed by atoms with Gasteiger partial charge in [-0.1, -0.05) is 24.3 Å². The first kappa shape index (κ1) is 15.0. The van der Waals surface area contributed by atoms with Crippen molar-refractivity contribution in [1.29, 1.82) is 0 Å². The molecular weight excluding hydrogens is 297 g/mol. The third-order valence-electron chi connectivity index (χ3n) is 3.62. The molecule has 6 heteroatoms. The molecule has 22 heavy (non-hydrogen) atoms. The molecule has 0 aromatic heterocycles. The molecule has 2 radical (unpaired) electrons. The van der Waals surface area contributed by atoms with Crippen molar-refractivity contribution >= 4 is 31.2 Å². The normalized spacial score (nSPS) is 24.1. The molecule has 2 aromatic rings. The molecule has 0 fully saturated rings. The van der Waals surface area contributed by atoms with E-state index >= 15 is 0 Å². The predicted octanol–water partition coefficient (Wildman–Crippen LogP) is 2.12. The molecule has 110 valence electrons. The average molecular weight is 311 g/mol. The lowest BCUT2D eigenvalue weighted by Crippen LogP contribution is -2.44. The van der Waals surface area contributed by atoms with E-state index in [2.05, 4.69) is 5.32 Å². The van der Waals surface area contributed by atoms with Gasteiger partial charge in [0.2, 0.25) is 0 Å². The van der Waals surface area contributed by atoms with E-state index in [1.807, 2.05) is 18.2 Å². The number of para-hydroxylation sites is 1. The largest absolute Gasteiger partial charge is 0.497 e. The highest BCUT2D eigenvalue weighted by Gasteiger charge is 2.42. The number of hydrogen-bond acceptors (Lipinski definition) is 4. The van der Waals surface area contributed by atoms with E-state index < -0.39 is 16.7 Å². The van der Waals surface area contributed by atoms with E-state index in [1.165, 1.54) is 11.8 Å². The van der Waals surface area contributed by atoms with Gasteiger partial charge in [-0.15, -0.1) is 11.8 Å². The van der Waals surface area contributed by atoms with Gasteiger partial charge in [-0.25, -0.2) is 0 Å². The van der Waals surface area contributed by atoms with Gasteiger partial charge in [-0.05, 0) is 29.8 Å². The van der Waals surface area contributed by atoms with E-state index in [9.17, 15) is 9.90 Å². The number of hydrogen-bond donors (Lipinski definition) is 2. The summed E-state index contributed by atoms with van der Waals surface area (Å²) in [6, 6.07) is 14.4. The number of carbonyl (C=O) groups excluding carboxylic acids is 1. The molecule has 0 spiro atoms. The minimum atomic E-state index is -1.38. The number of methoxy groups -OCH3 is 1. The number of thioether (sulfide) groups is 1. The first-order valence-corrected chi connectivity index (χ1v) is 7.56. The van der Waals surface area contributed by atoms with Crippen LogP contribution in [-0.4, -0.2) is 32.1 Å². The standard InChI is InChI=1S/C16H14BNO3S/c1-21-11-8-6-10(7-9-11)16(17)14(19)15(20)18-12-4-2-3-5-13(12)22-16/h2-9,14,19H,1H3,(H,18,20). The smallest absolute Gasteiger partial charge is 0.254 e. The van der Waals surface area contributed by atoms with E-state index in [4.69, 9.17) is 12.6 Å². The van der Waals surface area contributed by atoms with Crippen LogP contribution < -0.4 is 10.1 Å². The van der Waals surface area contributed by atoms with E-state index in [0.717, 1.165) is 4.90 Å². The third-order valence-corrected chi connectivity index (χ3v) is 4.99. The molecule has 1 amide bonds. The highest BCUT2D eigenvalue weighted by atomic mass is 32.2. The van der Waals surface area contributed by atoms with Crippen molar-refractivity contribution in [3.63, 3.8) is 0 Å². The van der Waals surface area contributed by atoms with E-state index in [1.54, 1.807) is 37.4 Å². The molecule has 0 saturated carbocycles. The Morgan fingerprint density at radius 2 is 1.91 bits per heavy atom. The van der Waals surface area contributed by atoms with E-state index in [0.29, 0.717) is 17.0 Å². The van der Waals surface area contributed by atoms with Gasteiger partial charge < -0.3 is 15.2 Å². The number of benzene rings is 2. The lowest BCUT2D eigenvalue weighted by Gasteiger charge is -2.32. The molecule has 0 saturated heterocycles. The van der Waals surface area contributed by atoms with Crippen molar-refractivity contribution in [2.24, 2.45) is 0 Å². The second kappa shape index (κ2) is 5.70. The molecule has 1 aliphatic heterocycles. The van der Waals surface area contributed by atoms with Crippen LogP contribution in [0, 0.1) is 0 Å². The summed E-state index contributed by atoms with van der Waals surface area (Å²) in [5, 5.41) is 13.1. The second-order valence-corrected chi connectivity index (χ2v) is 6.33. The van der Waals surface area contributed by atoms with Crippen LogP contribution in [0.2, 0.25) is 0 Å². The van der Waals surface area contributed by atoms with Crippen LogP contribution in [0.25, 0.3) is 0 Å². The summed E-state index contributed by atoms with van der Waals surface area (Å²) in [6.45, 7) is 0. The molecular formula is C16H14BNO3S. The van der Waals surface area contributed by atoms with Gasteiger partial charge in [0, 0.05) is 9.54 Å². The van der Waals surface area contributed by atoms with Crippen LogP contribution in [0.1, 0.15) is 5.56 Å². The number of ether oxygens (including phenoxy) is 1. The topological polar surface area (TPSA) is 58.6 Å². The average Bonchev–Trinajstić information content (AvgIpc) is 2.64. The summed E-state index contributed by atoms with van der Waals surface area (Å²) in [7, 11) is 8.01. The lowest BCUT2D eigenvalue weighted by molar-refractivity contribution is -0.124. The molecule has 2 atom stereocenters. The number of aliphatic hydroxyl groups excluding tert-OH is 1. The molecule has 1 heterocycles. The summed E-state index contributed by atoms with van der Waals surface area (Å²) in [4.78, 5) is 13.0. The molecule has 0 aliphatic carbocycles. The quantitative estimate of drug-likeness (QED) is 0.834. The van der Waals surface area contributed by atoms with Crippen molar-refractivity contribution in [2.45, 2.75) is 15.6 Å². The number of nitrogens with one attached hydrogen (secondary N) is 1. The maximum Gasteiger partial charge on any atom is 0.254 e. The van der Waals surface area contributed by atoms with Crippen molar-refractivity contribution < 1.29 is 14.6 Å². The highest BCUT2D eigenvalue weighted by molar-refractivity contribution is 8.01. The summed E-state index contributed by atoms with van der Waals surface area (Å²) >= 11 is 1.26. The fourth-order valence-corrected chi connectivity index (χ4v) is 3.57. The van der Waals surface area contributed by atoms with Crippen molar-refractivity contribution in [3.05, 3.63) is 54.1 Å². The first-order chi connectivity index (χ1) is 10.5. The molecule has 3 rings (SSSR count). The second-order valence-electron chi connectivity index (χ2n) is 5.01. The fraction of sp³-hybridized carbons (Fsp3) is 0.188. The SMILES string of the molecule is [B]C1(c2ccc(OC)cc2)Sc2ccccc2NC(=O)C1O. The minimum absolute atomic E-state index is 0.518. The summed E-state index contributed by atoms with van der Waals surface area (Å²) in [6.07, 6.45) is -1.38. The van der Waals surface area contributed by atoms with Gasteiger partial charge >= 0.3 is 0 Å². The van der Waals surface area contributed by atoms with Gasteiger partial charge in [0.15, 0.2) is 0 Å². The molecule has 4 nitrogen and oxygen atoms in total.